The number of hydrogen-bond donors (Lipinski definition) is 1. The van der Waals surface area contributed by atoms with Gasteiger partial charge in [-0.2, -0.15) is 10.2 Å². The van der Waals surface area contributed by atoms with Gasteiger partial charge in [0.1, 0.15) is 5.76 Å². The summed E-state index contributed by atoms with van der Waals surface area (Å²) in [6.07, 6.45) is 7.19. The van der Waals surface area contributed by atoms with Crippen molar-refractivity contribution in [1.82, 2.24) is 24.9 Å². The lowest BCUT2D eigenvalue weighted by Gasteiger charge is -2.01. The van der Waals surface area contributed by atoms with E-state index in [4.69, 9.17) is 4.42 Å². The number of carbonyl (C=O) groups is 1. The molecule has 8 heteroatoms. The van der Waals surface area contributed by atoms with Crippen molar-refractivity contribution in [3.8, 4) is 0 Å². The third-order valence-corrected chi connectivity index (χ3v) is 3.68. The zero-order valence-electron chi connectivity index (χ0n) is 12.6. The summed E-state index contributed by atoms with van der Waals surface area (Å²) in [5, 5.41) is 11.1. The molecule has 0 aromatic carbocycles. The van der Waals surface area contributed by atoms with Gasteiger partial charge in [-0.25, -0.2) is 0 Å². The highest BCUT2D eigenvalue weighted by Gasteiger charge is 2.12. The van der Waals surface area contributed by atoms with E-state index in [-0.39, 0.29) is 11.7 Å². The molecule has 7 nitrogen and oxygen atoms in total. The van der Waals surface area contributed by atoms with Crippen LogP contribution in [0.25, 0.3) is 0 Å². The van der Waals surface area contributed by atoms with Gasteiger partial charge in [-0.1, -0.05) is 0 Å². The molecule has 0 aliphatic rings. The molecule has 0 saturated heterocycles. The van der Waals surface area contributed by atoms with Crippen molar-refractivity contribution in [3.05, 3.63) is 58.5 Å². The van der Waals surface area contributed by atoms with Gasteiger partial charge in [0.15, 0.2) is 5.76 Å². The molecule has 0 unspecified atom stereocenters. The average Bonchev–Trinajstić information content (AvgIpc) is 3.26. The van der Waals surface area contributed by atoms with Gasteiger partial charge in [-0.3, -0.25) is 14.2 Å². The van der Waals surface area contributed by atoms with E-state index in [1.807, 2.05) is 24.0 Å². The monoisotopic (exact) mass is 377 g/mol. The fraction of sp³-hybridized carbons (Fsp3) is 0.267. The van der Waals surface area contributed by atoms with Crippen molar-refractivity contribution in [1.29, 1.82) is 0 Å². The van der Waals surface area contributed by atoms with Gasteiger partial charge in [0.25, 0.3) is 5.91 Å². The number of nitrogens with one attached hydrogen (secondary N) is 1. The standard InChI is InChI=1S/C15H16BrN5O2/c1-2-20-8-11(6-18-20)5-17-15(22)14-4-3-13(23-14)10-21-9-12(16)7-19-21/h3-4,6-9H,2,5,10H2,1H3,(H,17,22). The van der Waals surface area contributed by atoms with Crippen molar-refractivity contribution in [2.24, 2.45) is 0 Å². The van der Waals surface area contributed by atoms with Crippen LogP contribution in [0.1, 0.15) is 28.8 Å². The molecular formula is C15H16BrN5O2. The Morgan fingerprint density at radius 3 is 2.78 bits per heavy atom. The number of nitrogens with zero attached hydrogens (tertiary/aromatic N) is 4. The first-order valence-corrected chi connectivity index (χ1v) is 7.99. The number of carbonyl (C=O) groups excluding carboxylic acids is 1. The third kappa shape index (κ3) is 3.89. The highest BCUT2D eigenvalue weighted by molar-refractivity contribution is 9.10. The Labute approximate surface area is 141 Å². The molecule has 3 aromatic heterocycles. The summed E-state index contributed by atoms with van der Waals surface area (Å²) in [4.78, 5) is 12.1. The predicted molar refractivity (Wildman–Crippen MR) is 86.8 cm³/mol. The van der Waals surface area contributed by atoms with Crippen LogP contribution in [-0.2, 0) is 19.6 Å². The first kappa shape index (κ1) is 15.5. The summed E-state index contributed by atoms with van der Waals surface area (Å²) < 4.78 is 10.0. The summed E-state index contributed by atoms with van der Waals surface area (Å²) in [6.45, 7) is 3.71. The molecule has 1 amide bonds. The van der Waals surface area contributed by atoms with E-state index >= 15 is 0 Å². The molecule has 0 fully saturated rings. The fourth-order valence-corrected chi connectivity index (χ4v) is 2.44. The molecule has 3 rings (SSSR count). The van der Waals surface area contributed by atoms with Gasteiger partial charge in [-0.15, -0.1) is 0 Å². The smallest absolute Gasteiger partial charge is 0.287 e. The molecule has 0 bridgehead atoms. The van der Waals surface area contributed by atoms with Crippen LogP contribution in [0, 0.1) is 0 Å². The van der Waals surface area contributed by atoms with E-state index in [9.17, 15) is 4.79 Å². The molecule has 0 radical (unpaired) electrons. The quantitative estimate of drug-likeness (QED) is 0.715. The highest BCUT2D eigenvalue weighted by atomic mass is 79.9. The number of rotatable bonds is 6. The predicted octanol–water partition coefficient (Wildman–Crippen LogP) is 2.43. The number of amides is 1. The number of halogens is 1. The normalized spacial score (nSPS) is 10.9. The van der Waals surface area contributed by atoms with Crippen molar-refractivity contribution in [3.63, 3.8) is 0 Å². The van der Waals surface area contributed by atoms with E-state index in [0.29, 0.717) is 18.8 Å². The maximum atomic E-state index is 12.1. The van der Waals surface area contributed by atoms with Crippen LogP contribution < -0.4 is 5.32 Å². The highest BCUT2D eigenvalue weighted by Crippen LogP contribution is 2.12. The zero-order valence-corrected chi connectivity index (χ0v) is 14.2. The van der Waals surface area contributed by atoms with E-state index in [0.717, 1.165) is 16.6 Å². The Bertz CT molecular complexity index is 804. The first-order chi connectivity index (χ1) is 11.1. The Hall–Kier alpha value is -2.35. The van der Waals surface area contributed by atoms with Crippen LogP contribution >= 0.6 is 15.9 Å². The molecule has 1 N–H and O–H groups in total. The van der Waals surface area contributed by atoms with E-state index in [1.54, 1.807) is 29.2 Å². The van der Waals surface area contributed by atoms with Crippen molar-refractivity contribution < 1.29 is 9.21 Å². The van der Waals surface area contributed by atoms with Crippen LogP contribution in [-0.4, -0.2) is 25.5 Å². The molecule has 3 heterocycles. The van der Waals surface area contributed by atoms with Crippen LogP contribution in [0.4, 0.5) is 0 Å². The molecule has 0 aliphatic heterocycles. The average molecular weight is 378 g/mol. The second-order valence-corrected chi connectivity index (χ2v) is 5.92. The Balaban J connectivity index is 1.57. The SMILES string of the molecule is CCn1cc(CNC(=O)c2ccc(Cn3cc(Br)cn3)o2)cn1. The van der Waals surface area contributed by atoms with Crippen LogP contribution in [0.15, 0.2) is 45.8 Å². The van der Waals surface area contributed by atoms with Gasteiger partial charge in [0, 0.05) is 31.0 Å². The summed E-state index contributed by atoms with van der Waals surface area (Å²) >= 11 is 3.34. The van der Waals surface area contributed by atoms with Crippen LogP contribution in [0.5, 0.6) is 0 Å². The Morgan fingerprint density at radius 2 is 2.09 bits per heavy atom. The van der Waals surface area contributed by atoms with Gasteiger partial charge in [0.2, 0.25) is 0 Å². The number of aryl methyl sites for hydroxylation is 1. The van der Waals surface area contributed by atoms with E-state index < -0.39 is 0 Å². The summed E-state index contributed by atoms with van der Waals surface area (Å²) in [7, 11) is 0. The molecule has 0 spiro atoms. The minimum Gasteiger partial charge on any atom is -0.454 e. The lowest BCUT2D eigenvalue weighted by molar-refractivity contribution is 0.0921. The lowest BCUT2D eigenvalue weighted by Crippen LogP contribution is -2.22. The minimum absolute atomic E-state index is 0.248. The summed E-state index contributed by atoms with van der Waals surface area (Å²) in [6, 6.07) is 3.44. The molecule has 0 saturated carbocycles. The van der Waals surface area contributed by atoms with E-state index in [1.165, 1.54) is 0 Å². The number of furan rings is 1. The number of aromatic nitrogens is 4. The molecule has 23 heavy (non-hydrogen) atoms. The molecule has 3 aromatic rings. The summed E-state index contributed by atoms with van der Waals surface area (Å²) in [5.41, 5.74) is 0.952. The molecular weight excluding hydrogens is 362 g/mol. The zero-order chi connectivity index (χ0) is 16.2. The molecule has 0 atom stereocenters. The van der Waals surface area contributed by atoms with Gasteiger partial charge in [-0.05, 0) is 35.0 Å². The van der Waals surface area contributed by atoms with Crippen molar-refractivity contribution in [2.45, 2.75) is 26.6 Å². The molecule has 0 aliphatic carbocycles. The van der Waals surface area contributed by atoms with E-state index in [2.05, 4.69) is 31.4 Å². The maximum absolute atomic E-state index is 12.1. The second-order valence-electron chi connectivity index (χ2n) is 5.01. The summed E-state index contributed by atoms with van der Waals surface area (Å²) in [5.74, 6) is 0.709. The van der Waals surface area contributed by atoms with Gasteiger partial charge < -0.3 is 9.73 Å². The Kier molecular flexibility index (Phi) is 4.61. The van der Waals surface area contributed by atoms with Crippen LogP contribution in [0.2, 0.25) is 0 Å². The first-order valence-electron chi connectivity index (χ1n) is 7.20. The van der Waals surface area contributed by atoms with Crippen molar-refractivity contribution >= 4 is 21.8 Å². The molecule has 120 valence electrons. The Morgan fingerprint density at radius 1 is 1.26 bits per heavy atom. The second kappa shape index (κ2) is 6.82. The fourth-order valence-electron chi connectivity index (χ4n) is 2.11. The van der Waals surface area contributed by atoms with Gasteiger partial charge in [0.05, 0.1) is 23.4 Å². The largest absolute Gasteiger partial charge is 0.454 e. The minimum atomic E-state index is -0.248. The number of hydrogen-bond acceptors (Lipinski definition) is 4. The van der Waals surface area contributed by atoms with Crippen molar-refractivity contribution in [2.75, 3.05) is 0 Å². The lowest BCUT2D eigenvalue weighted by atomic mass is 10.3. The van der Waals surface area contributed by atoms with Crippen LogP contribution in [0.3, 0.4) is 0 Å². The topological polar surface area (TPSA) is 77.9 Å². The third-order valence-electron chi connectivity index (χ3n) is 3.27. The maximum Gasteiger partial charge on any atom is 0.287 e. The van der Waals surface area contributed by atoms with Gasteiger partial charge >= 0.3 is 0 Å².